The molecule has 0 aromatic carbocycles. The fourth-order valence-electron chi connectivity index (χ4n) is 4.40. The van der Waals surface area contributed by atoms with Gasteiger partial charge in [0.2, 0.25) is 0 Å². The molecule has 232 valence electrons. The van der Waals surface area contributed by atoms with Crippen LogP contribution in [-0.2, 0) is 33.3 Å². The lowest BCUT2D eigenvalue weighted by Crippen LogP contribution is -2.43. The number of carbonyl (C=O) groups excluding carboxylic acids is 3. The summed E-state index contributed by atoms with van der Waals surface area (Å²) in [6.07, 6.45) is 3.00. The molecule has 0 saturated carbocycles. The van der Waals surface area contributed by atoms with Gasteiger partial charge in [-0.15, -0.1) is 0 Å². The van der Waals surface area contributed by atoms with Crippen LogP contribution in [0.3, 0.4) is 0 Å². The first kappa shape index (κ1) is 34.1. The van der Waals surface area contributed by atoms with Gasteiger partial charge in [0.15, 0.2) is 18.4 Å². The summed E-state index contributed by atoms with van der Waals surface area (Å²) in [5, 5.41) is 0. The van der Waals surface area contributed by atoms with Gasteiger partial charge in [-0.2, -0.15) is 0 Å². The van der Waals surface area contributed by atoms with Gasteiger partial charge in [-0.3, -0.25) is 28.7 Å². The first-order chi connectivity index (χ1) is 19.8. The molecule has 14 nitrogen and oxygen atoms in total. The number of rotatable bonds is 20. The lowest BCUT2D eigenvalue weighted by molar-refractivity contribution is -0.169. The van der Waals surface area contributed by atoms with Crippen LogP contribution in [0.2, 0.25) is 0 Å². The average Bonchev–Trinajstić information content (AvgIpc) is 3.26. The smallest absolute Gasteiger partial charge is 0.330 e. The van der Waals surface area contributed by atoms with Crippen molar-refractivity contribution in [2.24, 2.45) is 17.2 Å². The highest BCUT2D eigenvalue weighted by atomic mass is 16.7. The first-order valence-corrected chi connectivity index (χ1v) is 14.4. The highest BCUT2D eigenvalue weighted by Gasteiger charge is 2.51. The van der Waals surface area contributed by atoms with E-state index in [4.69, 9.17) is 36.1 Å². The molecule has 2 heterocycles. The molecule has 0 radical (unpaired) electrons. The highest BCUT2D eigenvalue weighted by Crippen LogP contribution is 2.34. The van der Waals surface area contributed by atoms with E-state index in [2.05, 4.69) is 4.98 Å². The molecule has 41 heavy (non-hydrogen) atoms. The van der Waals surface area contributed by atoms with Crippen molar-refractivity contribution in [2.45, 2.75) is 102 Å². The van der Waals surface area contributed by atoms with E-state index in [1.807, 2.05) is 0 Å². The zero-order valence-electron chi connectivity index (χ0n) is 23.6. The second-order valence-corrected chi connectivity index (χ2v) is 9.97. The number of hydrogen-bond donors (Lipinski definition) is 4. The number of nitrogens with zero attached hydrogens (tertiary/aromatic N) is 1. The Hall–Kier alpha value is -3.07. The number of unbranched alkanes of at least 4 members (excludes halogenated alkanes) is 6. The fraction of sp³-hybridized carbons (Fsp3) is 0.741. The Labute approximate surface area is 239 Å². The average molecular weight is 584 g/mol. The van der Waals surface area contributed by atoms with Gasteiger partial charge in [0.25, 0.3) is 5.56 Å². The third-order valence-electron chi connectivity index (χ3n) is 6.61. The Balaban J connectivity index is 2.26. The van der Waals surface area contributed by atoms with Crippen LogP contribution in [0.15, 0.2) is 21.9 Å². The van der Waals surface area contributed by atoms with Gasteiger partial charge in [0.05, 0.1) is 0 Å². The predicted molar refractivity (Wildman–Crippen MR) is 149 cm³/mol. The van der Waals surface area contributed by atoms with Gasteiger partial charge >= 0.3 is 23.6 Å². The number of esters is 3. The Morgan fingerprint density at radius 3 is 1.78 bits per heavy atom. The summed E-state index contributed by atoms with van der Waals surface area (Å²) in [5.41, 5.74) is 15.1. The number of nitrogens with two attached hydrogens (primary N) is 3. The predicted octanol–water partition coefficient (Wildman–Crippen LogP) is 0.358. The number of H-pyrrole nitrogens is 1. The van der Waals surface area contributed by atoms with Crippen LogP contribution in [0.1, 0.15) is 83.3 Å². The van der Waals surface area contributed by atoms with E-state index in [-0.39, 0.29) is 25.9 Å². The van der Waals surface area contributed by atoms with Crippen LogP contribution in [0, 0.1) is 0 Å². The fourth-order valence-corrected chi connectivity index (χ4v) is 4.40. The number of aromatic nitrogens is 2. The van der Waals surface area contributed by atoms with Gasteiger partial charge in [0.1, 0.15) is 12.7 Å². The van der Waals surface area contributed by atoms with E-state index < -0.39 is 53.7 Å². The molecule has 14 heteroatoms. The molecule has 7 N–H and O–H groups in total. The Morgan fingerprint density at radius 1 is 0.756 bits per heavy atom. The van der Waals surface area contributed by atoms with Crippen molar-refractivity contribution in [3.05, 3.63) is 33.1 Å². The molecule has 1 fully saturated rings. The summed E-state index contributed by atoms with van der Waals surface area (Å²) in [7, 11) is 0. The zero-order valence-corrected chi connectivity index (χ0v) is 23.6. The molecule has 1 aromatic rings. The Morgan fingerprint density at radius 2 is 1.27 bits per heavy atom. The number of hydrogen-bond acceptors (Lipinski definition) is 12. The van der Waals surface area contributed by atoms with E-state index in [0.29, 0.717) is 38.9 Å². The number of aromatic amines is 1. The minimum absolute atomic E-state index is 0.0753. The normalized spacial score (nSPS) is 20.1. The summed E-state index contributed by atoms with van der Waals surface area (Å²) in [4.78, 5) is 64.4. The second-order valence-electron chi connectivity index (χ2n) is 9.97. The lowest BCUT2D eigenvalue weighted by Gasteiger charge is -2.25. The summed E-state index contributed by atoms with van der Waals surface area (Å²) in [6, 6.07) is 1.11. The number of carbonyl (C=O) groups is 3. The second kappa shape index (κ2) is 19.1. The highest BCUT2D eigenvalue weighted by molar-refractivity contribution is 5.71. The van der Waals surface area contributed by atoms with Gasteiger partial charge < -0.3 is 36.1 Å². The third kappa shape index (κ3) is 12.1. The summed E-state index contributed by atoms with van der Waals surface area (Å²) in [6.45, 7) is 1.23. The van der Waals surface area contributed by atoms with Crippen LogP contribution in [-0.4, -0.2) is 72.0 Å². The minimum atomic E-state index is -1.25. The summed E-state index contributed by atoms with van der Waals surface area (Å²) in [5.74, 6) is -1.62. The van der Waals surface area contributed by atoms with Crippen molar-refractivity contribution < 1.29 is 33.3 Å². The van der Waals surface area contributed by atoms with E-state index >= 15 is 0 Å². The largest absolute Gasteiger partial charge is 0.463 e. The van der Waals surface area contributed by atoms with Gasteiger partial charge in [-0.05, 0) is 58.2 Å². The monoisotopic (exact) mass is 583 g/mol. The number of ether oxygens (including phenoxy) is 4. The van der Waals surface area contributed by atoms with Gasteiger partial charge in [-0.1, -0.05) is 19.3 Å². The molecule has 0 bridgehead atoms. The quantitative estimate of drug-likeness (QED) is 0.0928. The minimum Gasteiger partial charge on any atom is -0.463 e. The standard InChI is InChI=1S/C27H45N5O9/c28-14-7-1-4-10-21(34)38-18-19-24(40-22(35)11-5-2-8-15-29)25(41-23(36)12-6-3-9-16-30)26(39-19)32-17-13-20(33)31-27(32)37/h13,17,19,24-26H,1-12,14-16,18,28-30H2,(H,31,33,37)/t19-,24-,25-,26-/m1/s1. The number of nitrogens with one attached hydrogen (secondary N) is 1. The zero-order chi connectivity index (χ0) is 30.0. The molecular weight excluding hydrogens is 538 g/mol. The lowest BCUT2D eigenvalue weighted by atomic mass is 10.1. The van der Waals surface area contributed by atoms with Crippen LogP contribution in [0.4, 0.5) is 0 Å². The Kier molecular flexibility index (Phi) is 15.9. The third-order valence-corrected chi connectivity index (χ3v) is 6.61. The van der Waals surface area contributed by atoms with E-state index in [1.165, 1.54) is 6.20 Å². The van der Waals surface area contributed by atoms with E-state index in [9.17, 15) is 24.0 Å². The SMILES string of the molecule is NCCCCCC(=O)OC[C@H]1O[C@@H](n2ccc(=O)[nH]c2=O)[C@H](OC(=O)CCCCCN)[C@@H]1OC(=O)CCCCCN. The van der Waals surface area contributed by atoms with Crippen LogP contribution in [0.5, 0.6) is 0 Å². The van der Waals surface area contributed by atoms with E-state index in [1.54, 1.807) is 0 Å². The molecule has 2 rings (SSSR count). The molecular formula is C27H45N5O9. The van der Waals surface area contributed by atoms with Crippen molar-refractivity contribution in [2.75, 3.05) is 26.2 Å². The van der Waals surface area contributed by atoms with Crippen molar-refractivity contribution >= 4 is 17.9 Å². The first-order valence-electron chi connectivity index (χ1n) is 14.4. The molecule has 1 aromatic heterocycles. The van der Waals surface area contributed by atoms with Gasteiger partial charge in [-0.25, -0.2) is 4.79 Å². The maximum absolute atomic E-state index is 12.8. The maximum atomic E-state index is 12.8. The topological polar surface area (TPSA) is 221 Å². The molecule has 0 aliphatic carbocycles. The van der Waals surface area contributed by atoms with Crippen molar-refractivity contribution in [3.63, 3.8) is 0 Å². The summed E-state index contributed by atoms with van der Waals surface area (Å²) >= 11 is 0. The van der Waals surface area contributed by atoms with Crippen molar-refractivity contribution in [3.8, 4) is 0 Å². The van der Waals surface area contributed by atoms with Crippen LogP contribution < -0.4 is 28.5 Å². The molecule has 0 unspecified atom stereocenters. The molecule has 1 aliphatic rings. The van der Waals surface area contributed by atoms with Crippen LogP contribution >= 0.6 is 0 Å². The molecule has 4 atom stereocenters. The van der Waals surface area contributed by atoms with E-state index in [0.717, 1.165) is 49.2 Å². The molecule has 1 aliphatic heterocycles. The maximum Gasteiger partial charge on any atom is 0.330 e. The summed E-state index contributed by atoms with van der Waals surface area (Å²) < 4.78 is 24.0. The van der Waals surface area contributed by atoms with Crippen molar-refractivity contribution in [1.29, 1.82) is 0 Å². The van der Waals surface area contributed by atoms with Gasteiger partial charge in [0, 0.05) is 31.5 Å². The Bertz CT molecular complexity index is 1060. The molecule has 0 amide bonds. The molecule has 0 spiro atoms. The van der Waals surface area contributed by atoms with Crippen LogP contribution in [0.25, 0.3) is 0 Å². The molecule has 1 saturated heterocycles. The van der Waals surface area contributed by atoms with Crippen molar-refractivity contribution in [1.82, 2.24) is 9.55 Å².